The van der Waals surface area contributed by atoms with Crippen LogP contribution in [0.2, 0.25) is 0 Å². The van der Waals surface area contributed by atoms with Gasteiger partial charge < -0.3 is 9.32 Å². The van der Waals surface area contributed by atoms with Crippen molar-refractivity contribution in [3.05, 3.63) is 86.9 Å². The van der Waals surface area contributed by atoms with Gasteiger partial charge in [0.05, 0.1) is 16.5 Å². The summed E-state index contributed by atoms with van der Waals surface area (Å²) in [6.07, 6.45) is 0. The predicted molar refractivity (Wildman–Crippen MR) is 123 cm³/mol. The molecule has 1 aromatic heterocycles. The Bertz CT molecular complexity index is 1410. The van der Waals surface area contributed by atoms with E-state index in [0.29, 0.717) is 18.6 Å². The second-order valence-electron chi connectivity index (χ2n) is 8.16. The zero-order valence-corrected chi connectivity index (χ0v) is 17.8. The van der Waals surface area contributed by atoms with Crippen molar-refractivity contribution < 1.29 is 14.1 Å². The molecule has 0 N–H and O–H groups in total. The average Bonchev–Trinajstić information content (AvgIpc) is 3.14. The van der Waals surface area contributed by atoms with Crippen LogP contribution in [0.5, 0.6) is 0 Å². The molecule has 33 heavy (non-hydrogen) atoms. The number of piperazine rings is 1. The molecule has 5 rings (SSSR count). The zero-order valence-electron chi connectivity index (χ0n) is 17.8. The molecule has 1 fully saturated rings. The van der Waals surface area contributed by atoms with Gasteiger partial charge in [0.15, 0.2) is 5.58 Å². The minimum absolute atomic E-state index is 0.0990. The van der Waals surface area contributed by atoms with Gasteiger partial charge in [0, 0.05) is 38.8 Å². The van der Waals surface area contributed by atoms with Crippen molar-refractivity contribution in [2.45, 2.75) is 13.1 Å². The van der Waals surface area contributed by atoms with Crippen LogP contribution >= 0.6 is 0 Å². The number of carbonyl (C=O) groups excluding carboxylic acids is 1. The molecule has 9 nitrogen and oxygen atoms in total. The van der Waals surface area contributed by atoms with Crippen molar-refractivity contribution in [2.75, 3.05) is 26.2 Å². The number of aromatic nitrogens is 1. The molecule has 0 aliphatic carbocycles. The van der Waals surface area contributed by atoms with E-state index < -0.39 is 10.7 Å². The Morgan fingerprint density at radius 2 is 1.76 bits per heavy atom. The molecule has 4 aromatic rings. The third-order valence-electron chi connectivity index (χ3n) is 6.15. The van der Waals surface area contributed by atoms with Gasteiger partial charge in [-0.3, -0.25) is 24.4 Å². The van der Waals surface area contributed by atoms with Crippen LogP contribution in [0.3, 0.4) is 0 Å². The molecule has 0 bridgehead atoms. The summed E-state index contributed by atoms with van der Waals surface area (Å²) >= 11 is 0. The number of nitro benzene ring substituents is 1. The maximum atomic E-state index is 12.9. The fourth-order valence-electron chi connectivity index (χ4n) is 4.38. The van der Waals surface area contributed by atoms with Gasteiger partial charge in [0.25, 0.3) is 5.69 Å². The second kappa shape index (κ2) is 8.51. The quantitative estimate of drug-likeness (QED) is 0.345. The van der Waals surface area contributed by atoms with E-state index >= 15 is 0 Å². The number of nitrogens with zero attached hydrogens (tertiary/aromatic N) is 4. The lowest BCUT2D eigenvalue weighted by Crippen LogP contribution is -2.49. The fraction of sp³-hybridized carbons (Fsp3) is 0.250. The first kappa shape index (κ1) is 20.9. The van der Waals surface area contributed by atoms with Gasteiger partial charge in [-0.15, -0.1) is 0 Å². The molecule has 1 aliphatic heterocycles. The summed E-state index contributed by atoms with van der Waals surface area (Å²) in [7, 11) is 0. The van der Waals surface area contributed by atoms with Crippen LogP contribution < -0.4 is 5.76 Å². The van der Waals surface area contributed by atoms with Crippen LogP contribution in [0.4, 0.5) is 5.69 Å². The van der Waals surface area contributed by atoms with Crippen LogP contribution in [0.15, 0.2) is 69.9 Å². The summed E-state index contributed by atoms with van der Waals surface area (Å²) < 4.78 is 6.35. The Balaban J connectivity index is 1.24. The second-order valence-corrected chi connectivity index (χ2v) is 8.16. The number of fused-ring (bicyclic) bond motifs is 2. The van der Waals surface area contributed by atoms with Gasteiger partial charge in [-0.2, -0.15) is 0 Å². The molecule has 0 atom stereocenters. The lowest BCUT2D eigenvalue weighted by atomic mass is 10.0. The molecule has 9 heteroatoms. The fourth-order valence-corrected chi connectivity index (χ4v) is 4.38. The summed E-state index contributed by atoms with van der Waals surface area (Å²) in [4.78, 5) is 39.6. The number of non-ortho nitro benzene ring substituents is 1. The largest absolute Gasteiger partial charge is 0.420 e. The normalized spacial score (nSPS) is 14.7. The van der Waals surface area contributed by atoms with E-state index in [-0.39, 0.29) is 23.7 Å². The first-order valence-electron chi connectivity index (χ1n) is 10.7. The van der Waals surface area contributed by atoms with Crippen molar-refractivity contribution in [1.82, 2.24) is 14.4 Å². The molecular weight excluding hydrogens is 424 g/mol. The third kappa shape index (κ3) is 4.10. The SMILES string of the molecule is O=C(Cn1c(=O)oc2cc([N+](=O)[O-])ccc21)N1CCN(Cc2cccc3ccccc23)CC1. The summed E-state index contributed by atoms with van der Waals surface area (Å²) in [6.45, 7) is 3.27. The highest BCUT2D eigenvalue weighted by atomic mass is 16.6. The van der Waals surface area contributed by atoms with E-state index in [0.717, 1.165) is 19.6 Å². The number of hydrogen-bond donors (Lipinski definition) is 0. The molecule has 168 valence electrons. The van der Waals surface area contributed by atoms with Gasteiger partial charge in [-0.1, -0.05) is 42.5 Å². The summed E-state index contributed by atoms with van der Waals surface area (Å²) in [5, 5.41) is 13.4. The van der Waals surface area contributed by atoms with E-state index in [1.807, 2.05) is 12.1 Å². The molecule has 0 radical (unpaired) electrons. The van der Waals surface area contributed by atoms with E-state index in [2.05, 4.69) is 35.2 Å². The van der Waals surface area contributed by atoms with Crippen LogP contribution in [0, 0.1) is 10.1 Å². The van der Waals surface area contributed by atoms with E-state index in [9.17, 15) is 19.7 Å². The smallest absolute Gasteiger partial charge is 0.407 e. The first-order chi connectivity index (χ1) is 16.0. The van der Waals surface area contributed by atoms with E-state index in [1.54, 1.807) is 4.90 Å². The number of benzene rings is 3. The van der Waals surface area contributed by atoms with Crippen molar-refractivity contribution in [1.29, 1.82) is 0 Å². The van der Waals surface area contributed by atoms with Crippen LogP contribution in [-0.2, 0) is 17.9 Å². The monoisotopic (exact) mass is 446 g/mol. The van der Waals surface area contributed by atoms with Gasteiger partial charge in [0.1, 0.15) is 6.54 Å². The molecule has 1 aliphatic rings. The van der Waals surface area contributed by atoms with Gasteiger partial charge in [-0.25, -0.2) is 4.79 Å². The summed E-state index contributed by atoms with van der Waals surface area (Å²) in [5.41, 5.74) is 1.56. The molecule has 1 saturated heterocycles. The molecule has 0 unspecified atom stereocenters. The molecule has 0 saturated carbocycles. The Labute approximate surface area is 188 Å². The van der Waals surface area contributed by atoms with Crippen molar-refractivity contribution in [3.8, 4) is 0 Å². The van der Waals surface area contributed by atoms with Crippen molar-refractivity contribution in [2.24, 2.45) is 0 Å². The topological polar surface area (TPSA) is 102 Å². The standard InChI is InChI=1S/C24H22N4O5/c29-23(16-27-21-9-8-19(28(31)32)14-22(21)33-24(27)30)26-12-10-25(11-13-26)15-18-6-3-5-17-4-1-2-7-20(17)18/h1-9,14H,10-13,15-16H2. The highest BCUT2D eigenvalue weighted by Crippen LogP contribution is 2.22. The number of carbonyl (C=O) groups is 1. The number of hydrogen-bond acceptors (Lipinski definition) is 6. The Morgan fingerprint density at radius 1 is 1.00 bits per heavy atom. The Hall–Kier alpha value is -3.98. The number of rotatable bonds is 5. The Kier molecular flexibility index (Phi) is 5.39. The summed E-state index contributed by atoms with van der Waals surface area (Å²) in [6, 6.07) is 18.6. The predicted octanol–water partition coefficient (Wildman–Crippen LogP) is 3.00. The minimum Gasteiger partial charge on any atom is -0.407 e. The molecule has 0 spiro atoms. The number of oxazole rings is 1. The van der Waals surface area contributed by atoms with Crippen LogP contribution in [0.25, 0.3) is 21.9 Å². The molecule has 1 amide bonds. The lowest BCUT2D eigenvalue weighted by Gasteiger charge is -2.35. The Morgan fingerprint density at radius 3 is 2.55 bits per heavy atom. The molecule has 2 heterocycles. The van der Waals surface area contributed by atoms with Gasteiger partial charge in [-0.05, 0) is 22.4 Å². The van der Waals surface area contributed by atoms with Crippen molar-refractivity contribution in [3.63, 3.8) is 0 Å². The lowest BCUT2D eigenvalue weighted by molar-refractivity contribution is -0.384. The minimum atomic E-state index is -0.701. The zero-order chi connectivity index (χ0) is 22.9. The highest BCUT2D eigenvalue weighted by molar-refractivity contribution is 5.85. The molecule has 3 aromatic carbocycles. The average molecular weight is 446 g/mol. The number of nitro groups is 1. The maximum absolute atomic E-state index is 12.9. The summed E-state index contributed by atoms with van der Waals surface area (Å²) in [5.74, 6) is -0.878. The third-order valence-corrected chi connectivity index (χ3v) is 6.15. The van der Waals surface area contributed by atoms with Gasteiger partial charge in [0.2, 0.25) is 5.91 Å². The van der Waals surface area contributed by atoms with Gasteiger partial charge >= 0.3 is 5.76 Å². The first-order valence-corrected chi connectivity index (χ1v) is 10.7. The van der Waals surface area contributed by atoms with E-state index in [4.69, 9.17) is 4.42 Å². The van der Waals surface area contributed by atoms with Crippen molar-refractivity contribution >= 4 is 33.5 Å². The number of amides is 1. The molecular formula is C24H22N4O5. The maximum Gasteiger partial charge on any atom is 0.420 e. The van der Waals surface area contributed by atoms with E-state index in [1.165, 1.54) is 39.1 Å². The highest BCUT2D eigenvalue weighted by Gasteiger charge is 2.23. The van der Waals surface area contributed by atoms with Crippen LogP contribution in [0.1, 0.15) is 5.56 Å². The van der Waals surface area contributed by atoms with Crippen LogP contribution in [-0.4, -0.2) is 51.4 Å².